The second kappa shape index (κ2) is 3.82. The number of nitrogen functional groups attached to an aromatic ring is 2. The van der Waals surface area contributed by atoms with Gasteiger partial charge in [-0.2, -0.15) is 15.0 Å². The van der Waals surface area contributed by atoms with E-state index in [1.54, 1.807) is 12.5 Å². The van der Waals surface area contributed by atoms with E-state index < -0.39 is 0 Å². The Kier molecular flexibility index (Phi) is 2.36. The van der Waals surface area contributed by atoms with Crippen molar-refractivity contribution < 1.29 is 4.42 Å². The summed E-state index contributed by atoms with van der Waals surface area (Å²) in [5.41, 5.74) is 11.8. The van der Waals surface area contributed by atoms with Gasteiger partial charge in [0, 0.05) is 12.1 Å². The van der Waals surface area contributed by atoms with Gasteiger partial charge >= 0.3 is 0 Å². The normalized spacial score (nSPS) is 10.1. The van der Waals surface area contributed by atoms with Crippen molar-refractivity contribution in [2.24, 2.45) is 0 Å². The van der Waals surface area contributed by atoms with Crippen LogP contribution in [0.15, 0.2) is 23.0 Å². The van der Waals surface area contributed by atoms with E-state index in [0.717, 1.165) is 5.56 Å². The summed E-state index contributed by atoms with van der Waals surface area (Å²) in [4.78, 5) is 11.4. The van der Waals surface area contributed by atoms with Gasteiger partial charge < -0.3 is 21.2 Å². The highest BCUT2D eigenvalue weighted by Crippen LogP contribution is 2.06. The van der Waals surface area contributed by atoms with Gasteiger partial charge in [-0.15, -0.1) is 0 Å². The lowest BCUT2D eigenvalue weighted by molar-refractivity contribution is 0.564. The van der Waals surface area contributed by atoms with E-state index in [4.69, 9.17) is 15.9 Å². The summed E-state index contributed by atoms with van der Waals surface area (Å²) >= 11 is 0. The summed E-state index contributed by atoms with van der Waals surface area (Å²) < 4.78 is 4.91. The van der Waals surface area contributed by atoms with Crippen molar-refractivity contribution in [1.29, 1.82) is 0 Å². The number of nitrogens with one attached hydrogen (secondary N) is 1. The highest BCUT2D eigenvalue weighted by atomic mass is 16.3. The quantitative estimate of drug-likeness (QED) is 0.658. The molecule has 0 aliphatic heterocycles. The fourth-order valence-corrected chi connectivity index (χ4v) is 1.06. The molecule has 0 bridgehead atoms. The summed E-state index contributed by atoms with van der Waals surface area (Å²) in [5.74, 6) is 0.538. The lowest BCUT2D eigenvalue weighted by Crippen LogP contribution is -2.08. The maximum atomic E-state index is 5.41. The van der Waals surface area contributed by atoms with Crippen molar-refractivity contribution in [3.8, 4) is 0 Å². The largest absolute Gasteiger partial charge is 0.472 e. The van der Waals surface area contributed by atoms with Crippen LogP contribution in [0.2, 0.25) is 0 Å². The minimum atomic E-state index is 0.0946. The van der Waals surface area contributed by atoms with Crippen molar-refractivity contribution in [2.45, 2.75) is 6.54 Å². The number of nitrogens with zero attached hydrogens (tertiary/aromatic N) is 3. The van der Waals surface area contributed by atoms with Crippen molar-refractivity contribution in [3.05, 3.63) is 24.2 Å². The second-order valence-electron chi connectivity index (χ2n) is 2.86. The standard InChI is InChI=1S/C8H10N6O/c9-6-12-7(10)14-8(13-6)11-3-5-1-2-15-4-5/h1-2,4H,3H2,(H5,9,10,11,12,13,14). The monoisotopic (exact) mass is 206 g/mol. The minimum absolute atomic E-state index is 0.0946. The molecule has 0 atom stereocenters. The van der Waals surface area contributed by atoms with Crippen LogP contribution in [0.1, 0.15) is 5.56 Å². The number of nitrogens with two attached hydrogens (primary N) is 2. The lowest BCUT2D eigenvalue weighted by atomic mass is 10.3. The summed E-state index contributed by atoms with van der Waals surface area (Å²) in [6.45, 7) is 0.541. The number of furan rings is 1. The summed E-state index contributed by atoms with van der Waals surface area (Å²) in [5, 5.41) is 2.95. The molecule has 2 rings (SSSR count). The fourth-order valence-electron chi connectivity index (χ4n) is 1.06. The molecule has 0 saturated carbocycles. The predicted octanol–water partition coefficient (Wildman–Crippen LogP) is 0.241. The summed E-state index contributed by atoms with van der Waals surface area (Å²) in [6.07, 6.45) is 3.22. The molecule has 15 heavy (non-hydrogen) atoms. The first-order valence-electron chi connectivity index (χ1n) is 4.26. The van der Waals surface area contributed by atoms with Crippen LogP contribution >= 0.6 is 0 Å². The van der Waals surface area contributed by atoms with Crippen LogP contribution < -0.4 is 16.8 Å². The van der Waals surface area contributed by atoms with Crippen LogP contribution in [0.25, 0.3) is 0 Å². The van der Waals surface area contributed by atoms with Gasteiger partial charge in [0.15, 0.2) is 0 Å². The highest BCUT2D eigenvalue weighted by molar-refractivity contribution is 5.37. The van der Waals surface area contributed by atoms with Crippen molar-refractivity contribution >= 4 is 17.8 Å². The molecule has 0 aliphatic carbocycles. The van der Waals surface area contributed by atoms with Gasteiger partial charge in [0.05, 0.1) is 12.5 Å². The number of anilines is 3. The Balaban J connectivity index is 2.05. The van der Waals surface area contributed by atoms with Crippen LogP contribution in [0, 0.1) is 0 Å². The Bertz CT molecular complexity index is 420. The van der Waals surface area contributed by atoms with Crippen LogP contribution in [0.5, 0.6) is 0 Å². The first-order valence-corrected chi connectivity index (χ1v) is 4.26. The average molecular weight is 206 g/mol. The van der Waals surface area contributed by atoms with Crippen molar-refractivity contribution in [2.75, 3.05) is 16.8 Å². The third kappa shape index (κ3) is 2.33. The van der Waals surface area contributed by atoms with Gasteiger partial charge in [-0.3, -0.25) is 0 Å². The Hall–Kier alpha value is -2.31. The van der Waals surface area contributed by atoms with E-state index in [0.29, 0.717) is 12.5 Å². The van der Waals surface area contributed by atoms with Gasteiger partial charge in [0.25, 0.3) is 0 Å². The van der Waals surface area contributed by atoms with Gasteiger partial charge in [-0.25, -0.2) is 0 Å². The molecule has 7 heteroatoms. The van der Waals surface area contributed by atoms with Gasteiger partial charge in [-0.05, 0) is 6.07 Å². The molecule has 78 valence electrons. The molecule has 0 aliphatic rings. The number of rotatable bonds is 3. The van der Waals surface area contributed by atoms with E-state index in [-0.39, 0.29) is 11.9 Å². The molecule has 0 unspecified atom stereocenters. The maximum absolute atomic E-state index is 5.41. The summed E-state index contributed by atoms with van der Waals surface area (Å²) in [7, 11) is 0. The van der Waals surface area contributed by atoms with Crippen molar-refractivity contribution in [3.63, 3.8) is 0 Å². The number of hydrogen-bond donors (Lipinski definition) is 3. The van der Waals surface area contributed by atoms with Crippen LogP contribution in [0.3, 0.4) is 0 Å². The molecule has 2 heterocycles. The average Bonchev–Trinajstić information content (AvgIpc) is 2.65. The zero-order chi connectivity index (χ0) is 10.7. The molecule has 2 aromatic heterocycles. The molecular formula is C8H10N6O. The first-order chi connectivity index (χ1) is 7.24. The molecule has 0 fully saturated rings. The molecule has 5 N–H and O–H groups in total. The number of hydrogen-bond acceptors (Lipinski definition) is 7. The molecule has 0 radical (unpaired) electrons. The zero-order valence-corrected chi connectivity index (χ0v) is 7.84. The minimum Gasteiger partial charge on any atom is -0.472 e. The van der Waals surface area contributed by atoms with Gasteiger partial charge in [0.1, 0.15) is 0 Å². The van der Waals surface area contributed by atoms with E-state index in [2.05, 4.69) is 20.3 Å². The third-order valence-corrected chi connectivity index (χ3v) is 1.70. The fraction of sp³-hybridized carbons (Fsp3) is 0.125. The van der Waals surface area contributed by atoms with Gasteiger partial charge in [-0.1, -0.05) is 0 Å². The predicted molar refractivity (Wildman–Crippen MR) is 54.7 cm³/mol. The summed E-state index contributed by atoms with van der Waals surface area (Å²) in [6, 6.07) is 1.83. The molecular weight excluding hydrogens is 196 g/mol. The van der Waals surface area contributed by atoms with E-state index in [9.17, 15) is 0 Å². The third-order valence-electron chi connectivity index (χ3n) is 1.70. The topological polar surface area (TPSA) is 116 Å². The lowest BCUT2D eigenvalue weighted by Gasteiger charge is -2.03. The Morgan fingerprint density at radius 2 is 1.93 bits per heavy atom. The Labute approximate surface area is 85.5 Å². The highest BCUT2D eigenvalue weighted by Gasteiger charge is 2.01. The SMILES string of the molecule is Nc1nc(N)nc(NCc2ccoc2)n1. The first kappa shape index (κ1) is 9.25. The van der Waals surface area contributed by atoms with Crippen LogP contribution in [0.4, 0.5) is 17.8 Å². The van der Waals surface area contributed by atoms with E-state index >= 15 is 0 Å². The van der Waals surface area contributed by atoms with Gasteiger partial charge in [0.2, 0.25) is 17.8 Å². The second-order valence-corrected chi connectivity index (χ2v) is 2.86. The maximum Gasteiger partial charge on any atom is 0.229 e. The molecule has 2 aromatic rings. The molecule has 0 spiro atoms. The van der Waals surface area contributed by atoms with E-state index in [1.165, 1.54) is 0 Å². The van der Waals surface area contributed by atoms with E-state index in [1.807, 2.05) is 6.07 Å². The van der Waals surface area contributed by atoms with Crippen molar-refractivity contribution in [1.82, 2.24) is 15.0 Å². The molecule has 0 amide bonds. The molecule has 0 aromatic carbocycles. The van der Waals surface area contributed by atoms with Crippen LogP contribution in [-0.4, -0.2) is 15.0 Å². The smallest absolute Gasteiger partial charge is 0.229 e. The zero-order valence-electron chi connectivity index (χ0n) is 7.84. The Morgan fingerprint density at radius 3 is 2.53 bits per heavy atom. The molecule has 0 saturated heterocycles. The Morgan fingerprint density at radius 1 is 1.20 bits per heavy atom. The van der Waals surface area contributed by atoms with Crippen LogP contribution in [-0.2, 0) is 6.54 Å². The number of aromatic nitrogens is 3. The molecule has 7 nitrogen and oxygen atoms in total.